The van der Waals surface area contributed by atoms with Gasteiger partial charge in [0.15, 0.2) is 0 Å². The van der Waals surface area contributed by atoms with Crippen molar-refractivity contribution >= 4 is 32.9 Å². The predicted molar refractivity (Wildman–Crippen MR) is 77.7 cm³/mol. The molecule has 0 aliphatic rings. The fraction of sp³-hybridized carbons (Fsp3) is 0. The Balaban J connectivity index is 2.23. The maximum atomic E-state index is 13.8. The van der Waals surface area contributed by atoms with Crippen LogP contribution in [0.5, 0.6) is 0 Å². The monoisotopic (exact) mass is 333 g/mol. The Kier molecular flexibility index (Phi) is 3.02. The number of rotatable bonds is 2. The van der Waals surface area contributed by atoms with Crippen LogP contribution in [0.25, 0.3) is 22.4 Å². The zero-order valence-corrected chi connectivity index (χ0v) is 11.7. The molecule has 3 N–H and O–H groups in total. The quantitative estimate of drug-likeness (QED) is 0.755. The van der Waals surface area contributed by atoms with Crippen LogP contribution < -0.4 is 5.73 Å². The van der Waals surface area contributed by atoms with Gasteiger partial charge in [0.1, 0.15) is 17.2 Å². The topological polar surface area (TPSA) is 71.8 Å². The Labute approximate surface area is 121 Å². The lowest BCUT2D eigenvalue weighted by molar-refractivity contribution is 0.100. The van der Waals surface area contributed by atoms with E-state index in [9.17, 15) is 9.18 Å². The number of aromatic nitrogens is 2. The molecule has 0 saturated heterocycles. The first-order valence-corrected chi connectivity index (χ1v) is 6.59. The van der Waals surface area contributed by atoms with Gasteiger partial charge in [-0.25, -0.2) is 9.37 Å². The van der Waals surface area contributed by atoms with Crippen LogP contribution in [0.4, 0.5) is 4.39 Å². The fourth-order valence-corrected chi connectivity index (χ4v) is 2.55. The summed E-state index contributed by atoms with van der Waals surface area (Å²) in [6, 6.07) is 9.54. The van der Waals surface area contributed by atoms with Crippen molar-refractivity contribution in [2.45, 2.75) is 0 Å². The molecule has 1 aromatic heterocycles. The zero-order valence-electron chi connectivity index (χ0n) is 10.2. The molecule has 4 nitrogen and oxygen atoms in total. The number of nitrogens with two attached hydrogens (primary N) is 1. The van der Waals surface area contributed by atoms with Gasteiger partial charge in [-0.2, -0.15) is 0 Å². The number of carbonyl (C=O) groups is 1. The van der Waals surface area contributed by atoms with E-state index in [1.165, 1.54) is 6.07 Å². The Morgan fingerprint density at radius 2 is 2.05 bits per heavy atom. The van der Waals surface area contributed by atoms with E-state index in [0.29, 0.717) is 32.5 Å². The smallest absolute Gasteiger partial charge is 0.248 e. The summed E-state index contributed by atoms with van der Waals surface area (Å²) in [6.45, 7) is 0. The van der Waals surface area contributed by atoms with Gasteiger partial charge < -0.3 is 10.7 Å². The predicted octanol–water partition coefficient (Wildman–Crippen LogP) is 3.23. The average molecular weight is 334 g/mol. The second-order valence-electron chi connectivity index (χ2n) is 4.28. The van der Waals surface area contributed by atoms with Crippen LogP contribution in [-0.2, 0) is 0 Å². The third-order valence-corrected chi connectivity index (χ3v) is 3.56. The largest absolute Gasteiger partial charge is 0.366 e. The van der Waals surface area contributed by atoms with Gasteiger partial charge in [0.2, 0.25) is 5.91 Å². The van der Waals surface area contributed by atoms with Crippen LogP contribution in [0.3, 0.4) is 0 Å². The van der Waals surface area contributed by atoms with E-state index in [1.54, 1.807) is 30.3 Å². The summed E-state index contributed by atoms with van der Waals surface area (Å²) in [6.07, 6.45) is 0. The first-order chi connectivity index (χ1) is 9.56. The summed E-state index contributed by atoms with van der Waals surface area (Å²) in [4.78, 5) is 18.6. The van der Waals surface area contributed by atoms with Crippen molar-refractivity contribution in [1.29, 1.82) is 0 Å². The van der Waals surface area contributed by atoms with Crippen LogP contribution in [0.15, 0.2) is 40.9 Å². The van der Waals surface area contributed by atoms with Gasteiger partial charge in [-0.15, -0.1) is 0 Å². The van der Waals surface area contributed by atoms with Crippen molar-refractivity contribution in [3.8, 4) is 11.4 Å². The highest BCUT2D eigenvalue weighted by molar-refractivity contribution is 9.10. The third-order valence-electron chi connectivity index (χ3n) is 2.95. The average Bonchev–Trinajstić information content (AvgIpc) is 2.83. The maximum Gasteiger partial charge on any atom is 0.248 e. The van der Waals surface area contributed by atoms with Crippen LogP contribution in [0.2, 0.25) is 0 Å². The number of imidazole rings is 1. The van der Waals surface area contributed by atoms with Crippen molar-refractivity contribution in [2.24, 2.45) is 5.73 Å². The van der Waals surface area contributed by atoms with Crippen molar-refractivity contribution in [1.82, 2.24) is 9.97 Å². The number of hydrogen-bond acceptors (Lipinski definition) is 2. The SMILES string of the molecule is NC(=O)c1cc(Br)c2nc(-c3ccccc3F)[nH]c2c1. The fourth-order valence-electron chi connectivity index (χ4n) is 2.00. The molecule has 0 atom stereocenters. The summed E-state index contributed by atoms with van der Waals surface area (Å²) in [5, 5.41) is 0. The summed E-state index contributed by atoms with van der Waals surface area (Å²) in [5.74, 6) is -0.493. The molecular weight excluding hydrogens is 325 g/mol. The molecule has 0 unspecified atom stereocenters. The number of fused-ring (bicyclic) bond motifs is 1. The number of nitrogens with zero attached hydrogens (tertiary/aromatic N) is 1. The Morgan fingerprint density at radius 1 is 1.30 bits per heavy atom. The van der Waals surface area contributed by atoms with Crippen molar-refractivity contribution < 1.29 is 9.18 Å². The lowest BCUT2D eigenvalue weighted by atomic mass is 10.2. The van der Waals surface area contributed by atoms with Gasteiger partial charge in [-0.05, 0) is 40.2 Å². The van der Waals surface area contributed by atoms with E-state index in [1.807, 2.05) is 0 Å². The standard InChI is InChI=1S/C14H9BrFN3O/c15-9-5-7(13(17)20)6-11-12(9)19-14(18-11)8-3-1-2-4-10(8)16/h1-6H,(H2,17,20)(H,18,19). The zero-order chi connectivity index (χ0) is 14.3. The molecule has 0 aliphatic carbocycles. The van der Waals surface area contributed by atoms with Gasteiger partial charge >= 0.3 is 0 Å². The first-order valence-electron chi connectivity index (χ1n) is 5.80. The summed E-state index contributed by atoms with van der Waals surface area (Å²) >= 11 is 3.34. The number of hydrogen-bond donors (Lipinski definition) is 2. The molecule has 1 heterocycles. The minimum Gasteiger partial charge on any atom is -0.366 e. The number of aromatic amines is 1. The molecule has 6 heteroatoms. The number of carbonyl (C=O) groups excluding carboxylic acids is 1. The van der Waals surface area contributed by atoms with Crippen LogP contribution in [-0.4, -0.2) is 15.9 Å². The second kappa shape index (κ2) is 4.72. The second-order valence-corrected chi connectivity index (χ2v) is 5.14. The molecule has 0 radical (unpaired) electrons. The van der Waals surface area contributed by atoms with Crippen LogP contribution in [0.1, 0.15) is 10.4 Å². The molecule has 20 heavy (non-hydrogen) atoms. The number of primary amides is 1. The lowest BCUT2D eigenvalue weighted by Gasteiger charge is -1.97. The van der Waals surface area contributed by atoms with Crippen molar-refractivity contribution in [3.05, 3.63) is 52.3 Å². The highest BCUT2D eigenvalue weighted by atomic mass is 79.9. The molecule has 0 aliphatic heterocycles. The molecule has 3 aromatic rings. The molecule has 3 rings (SSSR count). The van der Waals surface area contributed by atoms with Crippen LogP contribution >= 0.6 is 15.9 Å². The van der Waals surface area contributed by atoms with Crippen molar-refractivity contribution in [3.63, 3.8) is 0 Å². The number of halogens is 2. The highest BCUT2D eigenvalue weighted by Crippen LogP contribution is 2.28. The summed E-state index contributed by atoms with van der Waals surface area (Å²) < 4.78 is 14.4. The van der Waals surface area contributed by atoms with Crippen LogP contribution in [0, 0.1) is 5.82 Å². The van der Waals surface area contributed by atoms with Gasteiger partial charge in [0.05, 0.1) is 11.1 Å². The van der Waals surface area contributed by atoms with E-state index in [2.05, 4.69) is 25.9 Å². The maximum absolute atomic E-state index is 13.8. The van der Waals surface area contributed by atoms with Gasteiger partial charge in [-0.3, -0.25) is 4.79 Å². The van der Waals surface area contributed by atoms with E-state index in [-0.39, 0.29) is 5.82 Å². The van der Waals surface area contributed by atoms with E-state index < -0.39 is 5.91 Å². The minimum atomic E-state index is -0.533. The van der Waals surface area contributed by atoms with Gasteiger partial charge in [0.25, 0.3) is 0 Å². The Hall–Kier alpha value is -2.21. The number of benzene rings is 2. The number of amides is 1. The third kappa shape index (κ3) is 2.08. The molecular formula is C14H9BrFN3O. The summed E-state index contributed by atoms with van der Waals surface area (Å²) in [5.41, 5.74) is 7.22. The number of nitrogens with one attached hydrogen (secondary N) is 1. The Morgan fingerprint density at radius 3 is 2.75 bits per heavy atom. The molecule has 0 saturated carbocycles. The van der Waals surface area contributed by atoms with E-state index in [4.69, 9.17) is 5.73 Å². The van der Waals surface area contributed by atoms with E-state index in [0.717, 1.165) is 0 Å². The summed E-state index contributed by atoms with van der Waals surface area (Å²) in [7, 11) is 0. The highest BCUT2D eigenvalue weighted by Gasteiger charge is 2.13. The van der Waals surface area contributed by atoms with Crippen molar-refractivity contribution in [2.75, 3.05) is 0 Å². The normalized spacial score (nSPS) is 10.9. The molecule has 0 fully saturated rings. The number of H-pyrrole nitrogens is 1. The van der Waals surface area contributed by atoms with E-state index >= 15 is 0 Å². The van der Waals surface area contributed by atoms with Gasteiger partial charge in [-0.1, -0.05) is 12.1 Å². The molecule has 0 bridgehead atoms. The molecule has 100 valence electrons. The van der Waals surface area contributed by atoms with Gasteiger partial charge in [0, 0.05) is 10.0 Å². The molecule has 1 amide bonds. The molecule has 2 aromatic carbocycles. The lowest BCUT2D eigenvalue weighted by Crippen LogP contribution is -2.10. The first kappa shape index (κ1) is 12.8. The minimum absolute atomic E-state index is 0.355. The Bertz CT molecular complexity index is 828. The molecule has 0 spiro atoms.